The summed E-state index contributed by atoms with van der Waals surface area (Å²) >= 11 is 18.1. The van der Waals surface area contributed by atoms with Crippen molar-refractivity contribution in [2.75, 3.05) is 0 Å². The van der Waals surface area contributed by atoms with Crippen molar-refractivity contribution in [3.05, 3.63) is 92.6 Å². The van der Waals surface area contributed by atoms with Crippen LogP contribution in [-0.4, -0.2) is 12.6 Å². The summed E-state index contributed by atoms with van der Waals surface area (Å²) in [7, 11) is 0. The zero-order valence-corrected chi connectivity index (χ0v) is 16.3. The van der Waals surface area contributed by atoms with Crippen LogP contribution in [0.5, 0.6) is 0 Å². The van der Waals surface area contributed by atoms with Crippen molar-refractivity contribution in [3.63, 3.8) is 0 Å². The van der Waals surface area contributed by atoms with Crippen LogP contribution in [0.15, 0.2) is 76.4 Å². The summed E-state index contributed by atoms with van der Waals surface area (Å²) in [6, 6.07) is 13.5. The van der Waals surface area contributed by atoms with Crippen molar-refractivity contribution in [1.29, 1.82) is 0 Å². The molecular formula is C20H17Cl3N2O. The van der Waals surface area contributed by atoms with Crippen LogP contribution in [0.3, 0.4) is 0 Å². The van der Waals surface area contributed by atoms with E-state index in [2.05, 4.69) is 17.0 Å². The van der Waals surface area contributed by atoms with E-state index in [1.165, 1.54) is 0 Å². The van der Waals surface area contributed by atoms with Crippen molar-refractivity contribution in [2.45, 2.75) is 13.0 Å². The zero-order chi connectivity index (χ0) is 19.1. The second-order valence-corrected chi connectivity index (χ2v) is 6.86. The Kier molecular flexibility index (Phi) is 7.46. The maximum atomic E-state index is 12.6. The smallest absolute Gasteiger partial charge is 0.252 e. The van der Waals surface area contributed by atoms with Gasteiger partial charge in [-0.3, -0.25) is 9.79 Å². The van der Waals surface area contributed by atoms with Crippen molar-refractivity contribution in [1.82, 2.24) is 5.32 Å². The highest BCUT2D eigenvalue weighted by molar-refractivity contribution is 6.42. The standard InChI is InChI=1S/C20H17Cl3N2O/c1-13(21)8-11-18(24-2)19(15-9-10-16(22)17(23)12-15)25-20(26)14-6-4-3-5-7-14/h3-12,19H,2H2,1H3,(H,25,26)/b13-8+,18-11-/t19-/m0/s1. The number of carbonyl (C=O) groups is 1. The van der Waals surface area contributed by atoms with E-state index in [4.69, 9.17) is 34.8 Å². The van der Waals surface area contributed by atoms with E-state index in [0.29, 0.717) is 26.3 Å². The molecule has 6 heteroatoms. The lowest BCUT2D eigenvalue weighted by atomic mass is 10.0. The maximum Gasteiger partial charge on any atom is 0.252 e. The molecule has 1 atom stereocenters. The molecular weight excluding hydrogens is 391 g/mol. The molecule has 2 aromatic rings. The van der Waals surface area contributed by atoms with Crippen LogP contribution >= 0.6 is 34.8 Å². The number of nitrogens with zero attached hydrogens (tertiary/aromatic N) is 1. The molecule has 0 spiro atoms. The minimum atomic E-state index is -0.567. The van der Waals surface area contributed by atoms with Gasteiger partial charge in [0.1, 0.15) is 0 Å². The molecule has 0 fully saturated rings. The normalized spacial score (nSPS) is 13.2. The first-order chi connectivity index (χ1) is 12.4. The number of nitrogens with one attached hydrogen (secondary N) is 1. The van der Waals surface area contributed by atoms with Gasteiger partial charge in [0.15, 0.2) is 0 Å². The van der Waals surface area contributed by atoms with Gasteiger partial charge in [0.25, 0.3) is 5.91 Å². The summed E-state index contributed by atoms with van der Waals surface area (Å²) in [4.78, 5) is 16.7. The van der Waals surface area contributed by atoms with E-state index in [0.717, 1.165) is 5.56 Å². The van der Waals surface area contributed by atoms with Crippen LogP contribution in [0.1, 0.15) is 28.9 Å². The molecule has 0 unspecified atom stereocenters. The fourth-order valence-electron chi connectivity index (χ4n) is 2.26. The maximum absolute atomic E-state index is 12.6. The van der Waals surface area contributed by atoms with Gasteiger partial charge in [-0.2, -0.15) is 0 Å². The monoisotopic (exact) mass is 406 g/mol. The van der Waals surface area contributed by atoms with E-state index in [9.17, 15) is 4.79 Å². The first kappa shape index (κ1) is 20.2. The molecule has 26 heavy (non-hydrogen) atoms. The molecule has 0 heterocycles. The van der Waals surface area contributed by atoms with E-state index in [-0.39, 0.29) is 5.91 Å². The number of aliphatic imine (C=N–C) groups is 1. The van der Waals surface area contributed by atoms with Gasteiger partial charge in [-0.15, -0.1) is 0 Å². The Morgan fingerprint density at radius 2 is 1.81 bits per heavy atom. The van der Waals surface area contributed by atoms with Crippen molar-refractivity contribution < 1.29 is 4.79 Å². The topological polar surface area (TPSA) is 41.5 Å². The molecule has 0 aromatic heterocycles. The highest BCUT2D eigenvalue weighted by Gasteiger charge is 2.20. The molecule has 1 amide bonds. The Morgan fingerprint density at radius 1 is 1.12 bits per heavy atom. The van der Waals surface area contributed by atoms with Crippen LogP contribution in [-0.2, 0) is 0 Å². The van der Waals surface area contributed by atoms with E-state index >= 15 is 0 Å². The Morgan fingerprint density at radius 3 is 2.38 bits per heavy atom. The average molecular weight is 408 g/mol. The largest absolute Gasteiger partial charge is 0.340 e. The van der Waals surface area contributed by atoms with Crippen molar-refractivity contribution in [3.8, 4) is 0 Å². The molecule has 1 N–H and O–H groups in total. The lowest BCUT2D eigenvalue weighted by Gasteiger charge is -2.20. The van der Waals surface area contributed by atoms with Gasteiger partial charge in [0, 0.05) is 10.6 Å². The lowest BCUT2D eigenvalue weighted by molar-refractivity contribution is 0.0942. The molecule has 0 bridgehead atoms. The molecule has 0 aliphatic heterocycles. The van der Waals surface area contributed by atoms with Crippen molar-refractivity contribution in [2.24, 2.45) is 4.99 Å². The van der Waals surface area contributed by atoms with Gasteiger partial charge in [-0.25, -0.2) is 0 Å². The molecule has 2 aromatic carbocycles. The Labute approximate surface area is 168 Å². The van der Waals surface area contributed by atoms with Crippen LogP contribution in [0.25, 0.3) is 0 Å². The Bertz CT molecular complexity index is 857. The summed E-state index contributed by atoms with van der Waals surface area (Å²) < 4.78 is 0. The predicted molar refractivity (Wildman–Crippen MR) is 110 cm³/mol. The Hall–Kier alpha value is -2.07. The molecule has 134 valence electrons. The first-order valence-electron chi connectivity index (χ1n) is 7.74. The number of rotatable bonds is 6. The highest BCUT2D eigenvalue weighted by atomic mass is 35.5. The summed E-state index contributed by atoms with van der Waals surface area (Å²) in [5.41, 5.74) is 1.78. The molecule has 0 radical (unpaired) electrons. The number of amides is 1. The van der Waals surface area contributed by atoms with Gasteiger partial charge in [0.2, 0.25) is 0 Å². The second kappa shape index (κ2) is 9.58. The second-order valence-electron chi connectivity index (χ2n) is 5.45. The minimum absolute atomic E-state index is 0.247. The van der Waals surface area contributed by atoms with Crippen LogP contribution in [0.4, 0.5) is 0 Å². The van der Waals surface area contributed by atoms with Gasteiger partial charge in [-0.1, -0.05) is 59.1 Å². The molecule has 2 rings (SSSR count). The van der Waals surface area contributed by atoms with Crippen LogP contribution in [0, 0.1) is 0 Å². The Balaban J connectivity index is 2.45. The average Bonchev–Trinajstić information content (AvgIpc) is 2.64. The number of halogens is 3. The van der Waals surface area contributed by atoms with Gasteiger partial charge >= 0.3 is 0 Å². The van der Waals surface area contributed by atoms with Crippen LogP contribution in [0.2, 0.25) is 10.0 Å². The number of carbonyl (C=O) groups excluding carboxylic acids is 1. The first-order valence-corrected chi connectivity index (χ1v) is 8.87. The SMILES string of the molecule is C=N/C(=C\C=C(/C)Cl)[C@@H](NC(=O)c1ccccc1)c1ccc(Cl)c(Cl)c1. The van der Waals surface area contributed by atoms with Gasteiger partial charge in [0.05, 0.1) is 21.8 Å². The quantitative estimate of drug-likeness (QED) is 0.450. The lowest BCUT2D eigenvalue weighted by Crippen LogP contribution is -2.29. The number of allylic oxidation sites excluding steroid dienone is 3. The summed E-state index contributed by atoms with van der Waals surface area (Å²) in [6.45, 7) is 5.35. The van der Waals surface area contributed by atoms with E-state index in [1.807, 2.05) is 6.07 Å². The third-order valence-electron chi connectivity index (χ3n) is 3.55. The fourth-order valence-corrected chi connectivity index (χ4v) is 2.63. The summed E-state index contributed by atoms with van der Waals surface area (Å²) in [5.74, 6) is -0.247. The predicted octanol–water partition coefficient (Wildman–Crippen LogP) is 6.19. The zero-order valence-electron chi connectivity index (χ0n) is 14.0. The fraction of sp³-hybridized carbons (Fsp3) is 0.100. The number of hydrogen-bond donors (Lipinski definition) is 1. The highest BCUT2D eigenvalue weighted by Crippen LogP contribution is 2.30. The summed E-state index contributed by atoms with van der Waals surface area (Å²) in [6.07, 6.45) is 3.39. The molecule has 3 nitrogen and oxygen atoms in total. The van der Waals surface area contributed by atoms with Crippen LogP contribution < -0.4 is 5.32 Å². The van der Waals surface area contributed by atoms with Gasteiger partial charge in [-0.05, 0) is 55.6 Å². The minimum Gasteiger partial charge on any atom is -0.340 e. The number of benzene rings is 2. The molecule has 0 aliphatic carbocycles. The van der Waals surface area contributed by atoms with E-state index in [1.54, 1.807) is 61.5 Å². The number of hydrogen-bond acceptors (Lipinski definition) is 2. The third kappa shape index (κ3) is 5.46. The van der Waals surface area contributed by atoms with Gasteiger partial charge < -0.3 is 5.32 Å². The van der Waals surface area contributed by atoms with E-state index < -0.39 is 6.04 Å². The third-order valence-corrected chi connectivity index (χ3v) is 4.42. The molecule has 0 saturated heterocycles. The van der Waals surface area contributed by atoms with Crippen molar-refractivity contribution >= 4 is 47.4 Å². The molecule has 0 aliphatic rings. The molecule has 0 saturated carbocycles. The summed E-state index contributed by atoms with van der Waals surface area (Å²) in [5, 5.41) is 4.35.